The largest absolute Gasteiger partial charge is 0.385 e. The summed E-state index contributed by atoms with van der Waals surface area (Å²) >= 11 is 13.5. The van der Waals surface area contributed by atoms with Crippen LogP contribution < -0.4 is 10.6 Å². The summed E-state index contributed by atoms with van der Waals surface area (Å²) in [5, 5.41) is 28.3. The van der Waals surface area contributed by atoms with Crippen molar-refractivity contribution < 1.29 is 19.8 Å². The Balaban J connectivity index is 1.81. The average Bonchev–Trinajstić information content (AvgIpc) is 2.84. The van der Waals surface area contributed by atoms with Crippen LogP contribution in [0.15, 0.2) is 42.5 Å². The average molecular weight is 505 g/mol. The molecule has 0 spiro atoms. The predicted molar refractivity (Wildman–Crippen MR) is 132 cm³/mol. The van der Waals surface area contributed by atoms with E-state index >= 15 is 0 Å². The third-order valence-electron chi connectivity index (χ3n) is 7.65. The highest BCUT2D eigenvalue weighted by atomic mass is 35.5. The van der Waals surface area contributed by atoms with E-state index in [9.17, 15) is 19.8 Å². The van der Waals surface area contributed by atoms with Crippen LogP contribution >= 0.6 is 23.2 Å². The summed E-state index contributed by atoms with van der Waals surface area (Å²) in [6.45, 7) is 0. The van der Waals surface area contributed by atoms with Crippen LogP contribution in [-0.4, -0.2) is 48.1 Å². The van der Waals surface area contributed by atoms with E-state index in [0.717, 1.165) is 5.56 Å². The molecule has 0 heterocycles. The van der Waals surface area contributed by atoms with Gasteiger partial charge in [0.25, 0.3) is 0 Å². The Hall–Kier alpha value is -1.80. The number of aliphatic hydroxyl groups is 2. The first-order chi connectivity index (χ1) is 16.2. The van der Waals surface area contributed by atoms with Crippen molar-refractivity contribution in [3.05, 3.63) is 69.2 Å². The van der Waals surface area contributed by atoms with Gasteiger partial charge in [0.2, 0.25) is 0 Å². The van der Waals surface area contributed by atoms with Crippen LogP contribution in [0.25, 0.3) is 0 Å². The Morgan fingerprint density at radius 3 is 2.21 bits per heavy atom. The molecule has 0 radical (unpaired) electrons. The van der Waals surface area contributed by atoms with E-state index in [0.29, 0.717) is 46.9 Å². The van der Waals surface area contributed by atoms with Gasteiger partial charge in [-0.3, -0.25) is 9.59 Å². The third kappa shape index (κ3) is 3.91. The number of carbonyl (C=O) groups excluding carboxylic acids is 2. The number of ketones is 2. The first-order valence-electron chi connectivity index (χ1n) is 11.6. The summed E-state index contributed by atoms with van der Waals surface area (Å²) in [4.78, 5) is 26.4. The maximum atomic E-state index is 13.3. The summed E-state index contributed by atoms with van der Waals surface area (Å²) in [7, 11) is 3.39. The lowest BCUT2D eigenvalue weighted by Crippen LogP contribution is -2.56. The fourth-order valence-electron chi connectivity index (χ4n) is 5.81. The molecular formula is C26H30Cl2N2O4. The summed E-state index contributed by atoms with van der Waals surface area (Å²) in [5.41, 5.74) is -0.302. The number of nitrogens with one attached hydrogen (secondary N) is 2. The van der Waals surface area contributed by atoms with Gasteiger partial charge in [0, 0.05) is 10.0 Å². The second kappa shape index (κ2) is 9.69. The van der Waals surface area contributed by atoms with Gasteiger partial charge in [-0.2, -0.15) is 0 Å². The van der Waals surface area contributed by atoms with Crippen LogP contribution in [0.3, 0.4) is 0 Å². The molecule has 2 saturated carbocycles. The van der Waals surface area contributed by atoms with E-state index in [1.165, 1.54) is 0 Å². The maximum absolute atomic E-state index is 13.3. The van der Waals surface area contributed by atoms with Gasteiger partial charge in [-0.1, -0.05) is 59.6 Å². The van der Waals surface area contributed by atoms with E-state index in [1.807, 2.05) is 24.3 Å². The molecule has 5 atom stereocenters. The van der Waals surface area contributed by atoms with Gasteiger partial charge in [0.05, 0.1) is 0 Å². The van der Waals surface area contributed by atoms with E-state index in [2.05, 4.69) is 10.6 Å². The fourth-order valence-corrected chi connectivity index (χ4v) is 6.54. The molecule has 1 unspecified atom stereocenters. The topological polar surface area (TPSA) is 98.7 Å². The van der Waals surface area contributed by atoms with Gasteiger partial charge in [-0.15, -0.1) is 0 Å². The van der Waals surface area contributed by atoms with Crippen LogP contribution in [0.2, 0.25) is 10.0 Å². The lowest BCUT2D eigenvalue weighted by molar-refractivity contribution is -0.138. The SMILES string of the molecule is CN[C@]1(c2ccccc2Cl)CC(c2cccc([C@@]3(NC)CCC[C@H](O)C3=O)c2Cl)C[C@@H](O)C1=O. The van der Waals surface area contributed by atoms with E-state index in [-0.39, 0.29) is 23.9 Å². The molecule has 2 aromatic carbocycles. The number of aliphatic hydroxyl groups excluding tert-OH is 2. The van der Waals surface area contributed by atoms with Crippen LogP contribution in [0.5, 0.6) is 0 Å². The Labute approximate surface area is 209 Å². The van der Waals surface area contributed by atoms with Crippen molar-refractivity contribution in [1.29, 1.82) is 0 Å². The summed E-state index contributed by atoms with van der Waals surface area (Å²) in [6.07, 6.45) is -0.0758. The molecule has 0 saturated heterocycles. The van der Waals surface area contributed by atoms with Crippen LogP contribution in [0, 0.1) is 0 Å². The normalized spacial score (nSPS) is 32.1. The molecule has 8 heteroatoms. The number of Topliss-reactive ketones (excluding diaryl/α,β-unsaturated/α-hetero) is 2. The highest BCUT2D eigenvalue weighted by Gasteiger charge is 2.51. The highest BCUT2D eigenvalue weighted by molar-refractivity contribution is 6.33. The molecule has 0 aliphatic heterocycles. The minimum absolute atomic E-state index is 0.207. The maximum Gasteiger partial charge on any atom is 0.185 e. The first kappa shape index (κ1) is 25.3. The van der Waals surface area contributed by atoms with Gasteiger partial charge < -0.3 is 20.8 Å². The smallest absolute Gasteiger partial charge is 0.185 e. The van der Waals surface area contributed by atoms with Gasteiger partial charge in [0.1, 0.15) is 23.3 Å². The lowest BCUT2D eigenvalue weighted by Gasteiger charge is -2.43. The molecule has 182 valence electrons. The van der Waals surface area contributed by atoms with E-state index in [4.69, 9.17) is 23.2 Å². The molecule has 2 aliphatic carbocycles. The molecule has 2 fully saturated rings. The highest BCUT2D eigenvalue weighted by Crippen LogP contribution is 2.48. The van der Waals surface area contributed by atoms with Crippen molar-refractivity contribution in [3.63, 3.8) is 0 Å². The number of likely N-dealkylation sites (N-methyl/N-ethyl adjacent to an activating group) is 2. The second-order valence-corrected chi connectivity index (χ2v) is 10.1. The zero-order valence-electron chi connectivity index (χ0n) is 19.3. The molecule has 4 rings (SSSR count). The predicted octanol–water partition coefficient (Wildman–Crippen LogP) is 3.44. The molecule has 2 aromatic rings. The molecule has 2 aliphatic rings. The zero-order chi connectivity index (χ0) is 24.7. The standard InChI is InChI=1S/C26H30Cl2N2O4/c1-29-25(12-6-11-20(31)23(25)33)18-9-5-7-16(22(18)28)15-13-21(32)24(34)26(14-15,30-2)17-8-3-4-10-19(17)27/h3-5,7-10,15,20-21,29-32H,6,11-14H2,1-2H3/t15?,20-,21+,25-,26-/m0/s1. The van der Waals surface area contributed by atoms with E-state index < -0.39 is 23.3 Å². The van der Waals surface area contributed by atoms with Crippen molar-refractivity contribution in [2.24, 2.45) is 0 Å². The number of halogens is 2. The van der Waals surface area contributed by atoms with E-state index in [1.54, 1.807) is 32.3 Å². The second-order valence-electron chi connectivity index (χ2n) is 9.29. The molecular weight excluding hydrogens is 475 g/mol. The lowest BCUT2D eigenvalue weighted by atomic mass is 9.67. The van der Waals surface area contributed by atoms with Gasteiger partial charge in [0.15, 0.2) is 11.6 Å². The Morgan fingerprint density at radius 1 is 0.882 bits per heavy atom. The van der Waals surface area contributed by atoms with Crippen LogP contribution in [0.4, 0.5) is 0 Å². The summed E-state index contributed by atoms with van der Waals surface area (Å²) < 4.78 is 0. The summed E-state index contributed by atoms with van der Waals surface area (Å²) in [6, 6.07) is 12.6. The van der Waals surface area contributed by atoms with Crippen LogP contribution in [-0.2, 0) is 20.7 Å². The zero-order valence-corrected chi connectivity index (χ0v) is 20.8. The molecule has 0 bridgehead atoms. The van der Waals surface area contributed by atoms with Crippen molar-refractivity contribution in [3.8, 4) is 0 Å². The molecule has 34 heavy (non-hydrogen) atoms. The van der Waals surface area contributed by atoms with Crippen LogP contribution in [0.1, 0.15) is 54.7 Å². The fraction of sp³-hybridized carbons (Fsp3) is 0.462. The Morgan fingerprint density at radius 2 is 1.53 bits per heavy atom. The molecule has 0 aromatic heterocycles. The van der Waals surface area contributed by atoms with Gasteiger partial charge >= 0.3 is 0 Å². The number of hydrogen-bond acceptors (Lipinski definition) is 6. The van der Waals surface area contributed by atoms with Gasteiger partial charge in [-0.05, 0) is 74.9 Å². The van der Waals surface area contributed by atoms with Crippen molar-refractivity contribution >= 4 is 34.8 Å². The Bertz CT molecular complexity index is 1110. The minimum Gasteiger partial charge on any atom is -0.385 e. The first-order valence-corrected chi connectivity index (χ1v) is 12.3. The Kier molecular flexibility index (Phi) is 7.21. The molecule has 6 nitrogen and oxygen atoms in total. The van der Waals surface area contributed by atoms with Crippen molar-refractivity contribution in [2.45, 2.75) is 61.3 Å². The molecule has 0 amide bonds. The number of rotatable bonds is 5. The van der Waals surface area contributed by atoms with Crippen molar-refractivity contribution in [2.75, 3.05) is 14.1 Å². The molecule has 4 N–H and O–H groups in total. The summed E-state index contributed by atoms with van der Waals surface area (Å²) in [5.74, 6) is -0.898. The third-order valence-corrected chi connectivity index (χ3v) is 8.40. The number of hydrogen-bond donors (Lipinski definition) is 4. The quantitative estimate of drug-likeness (QED) is 0.497. The number of carbonyl (C=O) groups is 2. The minimum atomic E-state index is -1.21. The van der Waals surface area contributed by atoms with Gasteiger partial charge in [-0.25, -0.2) is 0 Å². The van der Waals surface area contributed by atoms with Crippen molar-refractivity contribution in [1.82, 2.24) is 10.6 Å². The number of benzene rings is 2. The monoisotopic (exact) mass is 504 g/mol.